The molecule has 2 amide bonds. The highest BCUT2D eigenvalue weighted by molar-refractivity contribution is 5.81. The van der Waals surface area contributed by atoms with Crippen LogP contribution < -0.4 is 5.32 Å². The monoisotopic (exact) mass is 277 g/mol. The molecule has 0 spiro atoms. The van der Waals surface area contributed by atoms with E-state index in [1.807, 2.05) is 39.0 Å². The highest BCUT2D eigenvalue weighted by atomic mass is 16.2. The summed E-state index contributed by atoms with van der Waals surface area (Å²) in [5.41, 5.74) is 0.423. The second kappa shape index (κ2) is 7.03. The van der Waals surface area contributed by atoms with E-state index in [-0.39, 0.29) is 11.8 Å². The van der Waals surface area contributed by atoms with Crippen LogP contribution in [0.4, 0.5) is 0 Å². The van der Waals surface area contributed by atoms with Gasteiger partial charge < -0.3 is 10.2 Å². The van der Waals surface area contributed by atoms with E-state index in [0.717, 1.165) is 5.69 Å². The maximum atomic E-state index is 11.7. The molecule has 5 heteroatoms. The molecule has 20 heavy (non-hydrogen) atoms. The van der Waals surface area contributed by atoms with Gasteiger partial charge in [0.2, 0.25) is 11.8 Å². The Balaban J connectivity index is 2.49. The lowest BCUT2D eigenvalue weighted by Gasteiger charge is -2.23. The molecule has 0 atom stereocenters. The SMILES string of the molecule is CC(=O)N(CCNC(=O)C(C)(C)C)Cc1ccccn1. The van der Waals surface area contributed by atoms with Crippen LogP contribution in [0.25, 0.3) is 0 Å². The van der Waals surface area contributed by atoms with E-state index >= 15 is 0 Å². The number of nitrogens with one attached hydrogen (secondary N) is 1. The Kier molecular flexibility index (Phi) is 5.67. The minimum Gasteiger partial charge on any atom is -0.354 e. The molecule has 0 aromatic carbocycles. The largest absolute Gasteiger partial charge is 0.354 e. The fourth-order valence-electron chi connectivity index (χ4n) is 1.60. The molecule has 0 fully saturated rings. The molecule has 0 aliphatic rings. The van der Waals surface area contributed by atoms with Gasteiger partial charge in [0.25, 0.3) is 0 Å². The van der Waals surface area contributed by atoms with Crippen molar-refractivity contribution in [2.24, 2.45) is 5.41 Å². The highest BCUT2D eigenvalue weighted by Gasteiger charge is 2.20. The molecule has 1 aromatic rings. The Bertz CT molecular complexity index is 452. The Morgan fingerprint density at radius 2 is 2.00 bits per heavy atom. The van der Waals surface area contributed by atoms with Crippen LogP contribution in [0.15, 0.2) is 24.4 Å². The summed E-state index contributed by atoms with van der Waals surface area (Å²) < 4.78 is 0. The van der Waals surface area contributed by atoms with Gasteiger partial charge >= 0.3 is 0 Å². The quantitative estimate of drug-likeness (QED) is 0.889. The van der Waals surface area contributed by atoms with Crippen molar-refractivity contribution in [3.8, 4) is 0 Å². The van der Waals surface area contributed by atoms with Gasteiger partial charge in [0.05, 0.1) is 12.2 Å². The lowest BCUT2D eigenvalue weighted by atomic mass is 9.96. The number of rotatable bonds is 5. The second-order valence-electron chi connectivity index (χ2n) is 5.77. The molecular weight excluding hydrogens is 254 g/mol. The van der Waals surface area contributed by atoms with E-state index in [9.17, 15) is 9.59 Å². The van der Waals surface area contributed by atoms with Gasteiger partial charge in [-0.2, -0.15) is 0 Å². The predicted octanol–water partition coefficient (Wildman–Crippen LogP) is 1.59. The zero-order chi connectivity index (χ0) is 15.2. The van der Waals surface area contributed by atoms with Gasteiger partial charge in [0.15, 0.2) is 0 Å². The molecule has 0 saturated heterocycles. The van der Waals surface area contributed by atoms with Crippen LogP contribution in [0.3, 0.4) is 0 Å². The molecule has 1 aromatic heterocycles. The fourth-order valence-corrected chi connectivity index (χ4v) is 1.60. The summed E-state index contributed by atoms with van der Waals surface area (Å²) in [7, 11) is 0. The summed E-state index contributed by atoms with van der Waals surface area (Å²) in [5, 5.41) is 2.84. The third kappa shape index (κ3) is 5.38. The van der Waals surface area contributed by atoms with Crippen molar-refractivity contribution in [1.29, 1.82) is 0 Å². The number of hydrogen-bond donors (Lipinski definition) is 1. The van der Waals surface area contributed by atoms with Crippen LogP contribution in [0.1, 0.15) is 33.4 Å². The number of amides is 2. The third-order valence-corrected chi connectivity index (χ3v) is 2.87. The summed E-state index contributed by atoms with van der Waals surface area (Å²) in [6.07, 6.45) is 1.70. The van der Waals surface area contributed by atoms with E-state index in [1.165, 1.54) is 6.92 Å². The number of carbonyl (C=O) groups is 2. The van der Waals surface area contributed by atoms with E-state index in [0.29, 0.717) is 19.6 Å². The molecule has 1 N–H and O–H groups in total. The van der Waals surface area contributed by atoms with Crippen molar-refractivity contribution in [1.82, 2.24) is 15.2 Å². The minimum atomic E-state index is -0.415. The van der Waals surface area contributed by atoms with Gasteiger partial charge in [-0.05, 0) is 12.1 Å². The zero-order valence-electron chi connectivity index (χ0n) is 12.6. The van der Waals surface area contributed by atoms with Crippen molar-refractivity contribution in [2.45, 2.75) is 34.2 Å². The number of nitrogens with zero attached hydrogens (tertiary/aromatic N) is 2. The minimum absolute atomic E-state index is 0.0150. The summed E-state index contributed by atoms with van der Waals surface area (Å²) in [6, 6.07) is 5.61. The number of hydrogen-bond acceptors (Lipinski definition) is 3. The molecule has 0 radical (unpaired) electrons. The van der Waals surface area contributed by atoms with Crippen LogP contribution in [-0.4, -0.2) is 34.8 Å². The van der Waals surface area contributed by atoms with Crippen LogP contribution >= 0.6 is 0 Å². The van der Waals surface area contributed by atoms with E-state index in [4.69, 9.17) is 0 Å². The van der Waals surface area contributed by atoms with E-state index < -0.39 is 5.41 Å². The molecule has 0 bridgehead atoms. The predicted molar refractivity (Wildman–Crippen MR) is 77.8 cm³/mol. The molecule has 1 rings (SSSR count). The third-order valence-electron chi connectivity index (χ3n) is 2.87. The Morgan fingerprint density at radius 1 is 1.30 bits per heavy atom. The van der Waals surface area contributed by atoms with Crippen LogP contribution in [0, 0.1) is 5.41 Å². The summed E-state index contributed by atoms with van der Waals surface area (Å²) >= 11 is 0. The van der Waals surface area contributed by atoms with Gasteiger partial charge in [0, 0.05) is 31.6 Å². The summed E-state index contributed by atoms with van der Waals surface area (Å²) in [4.78, 5) is 29.2. The maximum absolute atomic E-state index is 11.7. The maximum Gasteiger partial charge on any atom is 0.225 e. The van der Waals surface area contributed by atoms with Crippen molar-refractivity contribution >= 4 is 11.8 Å². The number of carbonyl (C=O) groups excluding carboxylic acids is 2. The molecule has 5 nitrogen and oxygen atoms in total. The molecule has 0 saturated carbocycles. The first-order valence-corrected chi connectivity index (χ1v) is 6.74. The van der Waals surface area contributed by atoms with E-state index in [2.05, 4.69) is 10.3 Å². The molecule has 0 aliphatic heterocycles. The Labute approximate surface area is 120 Å². The van der Waals surface area contributed by atoms with Crippen LogP contribution in [-0.2, 0) is 16.1 Å². The summed E-state index contributed by atoms with van der Waals surface area (Å²) in [5.74, 6) is -0.0421. The van der Waals surface area contributed by atoms with Crippen LogP contribution in [0.5, 0.6) is 0 Å². The standard InChI is InChI=1S/C15H23N3O2/c1-12(19)18(11-13-7-5-6-8-16-13)10-9-17-14(20)15(2,3)4/h5-8H,9-11H2,1-4H3,(H,17,20). The summed E-state index contributed by atoms with van der Waals surface area (Å²) in [6.45, 7) is 8.49. The highest BCUT2D eigenvalue weighted by Crippen LogP contribution is 2.12. The first-order chi connectivity index (χ1) is 9.30. The molecule has 110 valence electrons. The van der Waals surface area contributed by atoms with Gasteiger partial charge in [-0.25, -0.2) is 0 Å². The van der Waals surface area contributed by atoms with Crippen molar-refractivity contribution in [3.05, 3.63) is 30.1 Å². The molecule has 0 unspecified atom stereocenters. The Morgan fingerprint density at radius 3 is 2.50 bits per heavy atom. The van der Waals surface area contributed by atoms with Crippen molar-refractivity contribution < 1.29 is 9.59 Å². The first-order valence-electron chi connectivity index (χ1n) is 6.74. The topological polar surface area (TPSA) is 62.3 Å². The average molecular weight is 277 g/mol. The van der Waals surface area contributed by atoms with Gasteiger partial charge in [-0.1, -0.05) is 26.8 Å². The van der Waals surface area contributed by atoms with Gasteiger partial charge in [0.1, 0.15) is 0 Å². The smallest absolute Gasteiger partial charge is 0.225 e. The molecule has 0 aliphatic carbocycles. The normalized spacial score (nSPS) is 11.0. The first kappa shape index (κ1) is 16.1. The second-order valence-corrected chi connectivity index (χ2v) is 5.77. The van der Waals surface area contributed by atoms with Crippen molar-refractivity contribution in [3.63, 3.8) is 0 Å². The Hall–Kier alpha value is -1.91. The number of aromatic nitrogens is 1. The van der Waals surface area contributed by atoms with Gasteiger partial charge in [-0.15, -0.1) is 0 Å². The van der Waals surface area contributed by atoms with Gasteiger partial charge in [-0.3, -0.25) is 14.6 Å². The molecule has 1 heterocycles. The lowest BCUT2D eigenvalue weighted by molar-refractivity contribution is -0.131. The fraction of sp³-hybridized carbons (Fsp3) is 0.533. The van der Waals surface area contributed by atoms with Crippen molar-refractivity contribution in [2.75, 3.05) is 13.1 Å². The van der Waals surface area contributed by atoms with Crippen LogP contribution in [0.2, 0.25) is 0 Å². The zero-order valence-corrected chi connectivity index (χ0v) is 12.6. The lowest BCUT2D eigenvalue weighted by Crippen LogP contribution is -2.41. The molecular formula is C15H23N3O2. The average Bonchev–Trinajstić information content (AvgIpc) is 2.37. The van der Waals surface area contributed by atoms with E-state index in [1.54, 1.807) is 11.1 Å². The number of pyridine rings is 1.